The van der Waals surface area contributed by atoms with Crippen LogP contribution in [0, 0.1) is 0 Å². The fraction of sp³-hybridized carbons (Fsp3) is 0.0769. The van der Waals surface area contributed by atoms with Gasteiger partial charge in [-0.2, -0.15) is 0 Å². The Balaban J connectivity index is 2.50. The van der Waals surface area contributed by atoms with Gasteiger partial charge in [0.05, 0.1) is 0 Å². The predicted molar refractivity (Wildman–Crippen MR) is 64.6 cm³/mol. The van der Waals surface area contributed by atoms with Crippen LogP contribution >= 0.6 is 12.6 Å². The lowest BCUT2D eigenvalue weighted by molar-refractivity contribution is 1.27. The molecule has 0 saturated heterocycles. The zero-order valence-corrected chi connectivity index (χ0v) is 8.59. The molecule has 0 radical (unpaired) electrons. The average Bonchev–Trinajstić information content (AvgIpc) is 2.18. The van der Waals surface area contributed by atoms with Crippen molar-refractivity contribution in [1.29, 1.82) is 0 Å². The highest BCUT2D eigenvalue weighted by Crippen LogP contribution is 2.31. The second kappa shape index (κ2) is 2.89. The van der Waals surface area contributed by atoms with E-state index in [9.17, 15) is 0 Å². The first-order chi connectivity index (χ1) is 6.84. The molecule has 0 amide bonds. The molecule has 3 rings (SSSR count). The Morgan fingerprint density at radius 2 is 1.79 bits per heavy atom. The lowest BCUT2D eigenvalue weighted by Crippen LogP contribution is -1.95. The molecule has 0 fully saturated rings. The van der Waals surface area contributed by atoms with Crippen LogP contribution in [0.2, 0.25) is 0 Å². The van der Waals surface area contributed by atoms with E-state index in [0.29, 0.717) is 0 Å². The lowest BCUT2D eigenvalue weighted by atomic mass is 9.93. The van der Waals surface area contributed by atoms with E-state index in [-0.39, 0.29) is 0 Å². The molecule has 0 bridgehead atoms. The van der Waals surface area contributed by atoms with E-state index >= 15 is 0 Å². The molecule has 2 aromatic carbocycles. The molecule has 2 aromatic rings. The molecule has 0 atom stereocenters. The quantitative estimate of drug-likeness (QED) is 0.613. The standard InChI is InChI=1S/C13H10S/c14-12-7-10-5-1-3-9-4-2-6-11(8-12)13(9)10/h1-7,14H,8H2. The van der Waals surface area contributed by atoms with Crippen molar-refractivity contribution in [3.8, 4) is 0 Å². The minimum atomic E-state index is 0.970. The maximum atomic E-state index is 4.45. The molecule has 0 aliphatic heterocycles. The topological polar surface area (TPSA) is 0 Å². The predicted octanol–water partition coefficient (Wildman–Crippen LogP) is 3.67. The fourth-order valence-corrected chi connectivity index (χ4v) is 2.45. The molecule has 0 N–H and O–H groups in total. The smallest absolute Gasteiger partial charge is 0.00384 e. The van der Waals surface area contributed by atoms with Crippen LogP contribution in [0.1, 0.15) is 11.1 Å². The fourth-order valence-electron chi connectivity index (χ4n) is 2.14. The van der Waals surface area contributed by atoms with Gasteiger partial charge in [-0.1, -0.05) is 36.4 Å². The summed E-state index contributed by atoms with van der Waals surface area (Å²) in [6.45, 7) is 0. The Kier molecular flexibility index (Phi) is 1.68. The van der Waals surface area contributed by atoms with Gasteiger partial charge >= 0.3 is 0 Å². The van der Waals surface area contributed by atoms with Gasteiger partial charge in [0.1, 0.15) is 0 Å². The third-order valence-electron chi connectivity index (χ3n) is 2.72. The number of rotatable bonds is 0. The highest BCUT2D eigenvalue weighted by Gasteiger charge is 2.10. The van der Waals surface area contributed by atoms with Crippen molar-refractivity contribution in [1.82, 2.24) is 0 Å². The Morgan fingerprint density at radius 1 is 1.00 bits per heavy atom. The number of benzene rings is 2. The second-order valence-electron chi connectivity index (χ2n) is 3.67. The first kappa shape index (κ1) is 8.13. The Hall–Kier alpha value is -1.21. The van der Waals surface area contributed by atoms with Crippen LogP contribution in [0.4, 0.5) is 0 Å². The summed E-state index contributed by atoms with van der Waals surface area (Å²) in [5.74, 6) is 0. The van der Waals surface area contributed by atoms with E-state index in [1.54, 1.807) is 0 Å². The van der Waals surface area contributed by atoms with E-state index < -0.39 is 0 Å². The van der Waals surface area contributed by atoms with E-state index in [4.69, 9.17) is 0 Å². The van der Waals surface area contributed by atoms with Crippen molar-refractivity contribution < 1.29 is 0 Å². The molecule has 14 heavy (non-hydrogen) atoms. The number of thiol groups is 1. The molecular weight excluding hydrogens is 188 g/mol. The van der Waals surface area contributed by atoms with Crippen LogP contribution in [-0.4, -0.2) is 0 Å². The molecule has 1 aliphatic rings. The molecule has 1 heteroatoms. The minimum Gasteiger partial charge on any atom is -0.148 e. The van der Waals surface area contributed by atoms with Gasteiger partial charge < -0.3 is 0 Å². The first-order valence-electron chi connectivity index (χ1n) is 4.75. The number of hydrogen-bond acceptors (Lipinski definition) is 1. The number of allylic oxidation sites excluding steroid dienone is 1. The molecule has 0 saturated carbocycles. The minimum absolute atomic E-state index is 0.970. The van der Waals surface area contributed by atoms with Gasteiger partial charge in [-0.15, -0.1) is 12.6 Å². The number of hydrogen-bond donors (Lipinski definition) is 1. The highest BCUT2D eigenvalue weighted by atomic mass is 32.1. The zero-order valence-electron chi connectivity index (χ0n) is 7.70. The summed E-state index contributed by atoms with van der Waals surface area (Å²) in [7, 11) is 0. The summed E-state index contributed by atoms with van der Waals surface area (Å²) in [4.78, 5) is 1.15. The molecule has 0 spiro atoms. The maximum Gasteiger partial charge on any atom is 0.00384 e. The van der Waals surface area contributed by atoms with Gasteiger partial charge in [0.2, 0.25) is 0 Å². The van der Waals surface area contributed by atoms with Crippen molar-refractivity contribution in [2.24, 2.45) is 0 Å². The Morgan fingerprint density at radius 3 is 2.64 bits per heavy atom. The summed E-state index contributed by atoms with van der Waals surface area (Å²) in [6, 6.07) is 12.9. The van der Waals surface area contributed by atoms with E-state index in [0.717, 1.165) is 11.3 Å². The second-order valence-corrected chi connectivity index (χ2v) is 4.25. The summed E-state index contributed by atoms with van der Waals surface area (Å²) >= 11 is 4.45. The van der Waals surface area contributed by atoms with Gasteiger partial charge in [0, 0.05) is 6.42 Å². The zero-order chi connectivity index (χ0) is 9.54. The van der Waals surface area contributed by atoms with Gasteiger partial charge in [-0.05, 0) is 32.9 Å². The molecule has 0 unspecified atom stereocenters. The molecule has 0 heterocycles. The summed E-state index contributed by atoms with van der Waals surface area (Å²) in [5, 5.41) is 2.73. The van der Waals surface area contributed by atoms with Crippen molar-refractivity contribution in [2.45, 2.75) is 6.42 Å². The summed E-state index contributed by atoms with van der Waals surface area (Å²) in [5.41, 5.74) is 2.69. The van der Waals surface area contributed by atoms with Gasteiger partial charge in [-0.25, -0.2) is 0 Å². The van der Waals surface area contributed by atoms with Gasteiger partial charge in [0.25, 0.3) is 0 Å². The molecule has 1 aliphatic carbocycles. The average molecular weight is 198 g/mol. The Bertz CT molecular complexity index is 533. The van der Waals surface area contributed by atoms with Crippen molar-refractivity contribution in [3.05, 3.63) is 52.4 Å². The Labute approximate surface area is 88.7 Å². The highest BCUT2D eigenvalue weighted by molar-refractivity contribution is 7.84. The van der Waals surface area contributed by atoms with Gasteiger partial charge in [-0.3, -0.25) is 0 Å². The SMILES string of the molecule is SC1=Cc2cccc3cccc(c23)C1. The van der Waals surface area contributed by atoms with Gasteiger partial charge in [0.15, 0.2) is 0 Å². The van der Waals surface area contributed by atoms with Crippen LogP contribution in [0.15, 0.2) is 41.3 Å². The molecule has 0 aromatic heterocycles. The van der Waals surface area contributed by atoms with Crippen molar-refractivity contribution in [3.63, 3.8) is 0 Å². The largest absolute Gasteiger partial charge is 0.148 e. The third-order valence-corrected chi connectivity index (χ3v) is 3.00. The van der Waals surface area contributed by atoms with Crippen LogP contribution in [0.3, 0.4) is 0 Å². The van der Waals surface area contributed by atoms with Crippen molar-refractivity contribution in [2.75, 3.05) is 0 Å². The van der Waals surface area contributed by atoms with Crippen LogP contribution in [-0.2, 0) is 6.42 Å². The summed E-state index contributed by atoms with van der Waals surface area (Å²) in [6.07, 6.45) is 3.13. The van der Waals surface area contributed by atoms with E-state index in [2.05, 4.69) is 55.1 Å². The lowest BCUT2D eigenvalue weighted by Gasteiger charge is -2.14. The normalized spacial score (nSPS) is 14.2. The molecular formula is C13H10S. The third kappa shape index (κ3) is 1.09. The van der Waals surface area contributed by atoms with Crippen LogP contribution in [0.5, 0.6) is 0 Å². The molecule has 68 valence electrons. The monoisotopic (exact) mass is 198 g/mol. The maximum absolute atomic E-state index is 4.45. The van der Waals surface area contributed by atoms with Crippen LogP contribution in [0.25, 0.3) is 16.8 Å². The van der Waals surface area contributed by atoms with Crippen LogP contribution < -0.4 is 0 Å². The van der Waals surface area contributed by atoms with E-state index in [1.807, 2.05) is 0 Å². The first-order valence-corrected chi connectivity index (χ1v) is 5.19. The molecule has 0 nitrogen and oxygen atoms in total. The van der Waals surface area contributed by atoms with E-state index in [1.165, 1.54) is 21.9 Å². The summed E-state index contributed by atoms with van der Waals surface area (Å²) < 4.78 is 0. The van der Waals surface area contributed by atoms with Crippen molar-refractivity contribution >= 4 is 29.5 Å².